The molecule has 0 aliphatic heterocycles. The highest BCUT2D eigenvalue weighted by Crippen LogP contribution is 2.22. The van der Waals surface area contributed by atoms with Gasteiger partial charge in [0.1, 0.15) is 6.04 Å². The molecule has 7 nitrogen and oxygen atoms in total. The maximum Gasteiger partial charge on any atom is 0.243 e. The van der Waals surface area contributed by atoms with Crippen molar-refractivity contribution < 1.29 is 18.0 Å². The summed E-state index contributed by atoms with van der Waals surface area (Å²) < 4.78 is 26.4. The molecule has 0 aromatic heterocycles. The average molecular weight is 598 g/mol. The Bertz CT molecular complexity index is 1400. The molecular formula is C32H40ClN3O4S. The number of sulfonamides is 1. The van der Waals surface area contributed by atoms with Gasteiger partial charge in [0.2, 0.25) is 21.8 Å². The molecule has 0 radical (unpaired) electrons. The molecule has 3 aromatic rings. The molecule has 0 heterocycles. The molecule has 220 valence electrons. The molecule has 9 heteroatoms. The zero-order valence-corrected chi connectivity index (χ0v) is 25.8. The standard InChI is InChI=1S/C32H40ClN3O4S/c1-24(2)22-34-32(38)30(21-26-11-6-5-7-12-26)35(23-27-13-8-10-25(3)20-27)31(37)14-9-19-36(41(4,39)40)29-17-15-28(33)16-18-29/h5-8,10-13,15-18,20,24,30H,9,14,19,21-23H2,1-4H3,(H,34,38). The first-order valence-corrected chi connectivity index (χ1v) is 16.1. The lowest BCUT2D eigenvalue weighted by Crippen LogP contribution is -2.51. The van der Waals surface area contributed by atoms with E-state index >= 15 is 0 Å². The molecule has 0 spiro atoms. The second kappa shape index (κ2) is 15.0. The van der Waals surface area contributed by atoms with E-state index in [-0.39, 0.29) is 43.7 Å². The summed E-state index contributed by atoms with van der Waals surface area (Å²) in [7, 11) is -3.59. The van der Waals surface area contributed by atoms with Crippen LogP contribution in [-0.4, -0.2) is 50.5 Å². The molecule has 1 unspecified atom stereocenters. The first-order chi connectivity index (χ1) is 19.4. The average Bonchev–Trinajstić information content (AvgIpc) is 2.92. The number of nitrogens with one attached hydrogen (secondary N) is 1. The first-order valence-electron chi connectivity index (χ1n) is 13.8. The van der Waals surface area contributed by atoms with Gasteiger partial charge in [-0.05, 0) is 54.7 Å². The van der Waals surface area contributed by atoms with Crippen molar-refractivity contribution in [2.45, 2.75) is 52.6 Å². The number of halogens is 1. The fourth-order valence-corrected chi connectivity index (χ4v) is 5.69. The van der Waals surface area contributed by atoms with E-state index in [4.69, 9.17) is 11.6 Å². The third-order valence-electron chi connectivity index (χ3n) is 6.66. The van der Waals surface area contributed by atoms with Crippen LogP contribution in [0.25, 0.3) is 0 Å². The molecule has 1 N–H and O–H groups in total. The second-order valence-corrected chi connectivity index (χ2v) is 13.1. The number of nitrogens with zero attached hydrogens (tertiary/aromatic N) is 2. The predicted octanol–water partition coefficient (Wildman–Crippen LogP) is 5.61. The van der Waals surface area contributed by atoms with E-state index in [1.807, 2.05) is 75.4 Å². The summed E-state index contributed by atoms with van der Waals surface area (Å²) in [5, 5.41) is 3.53. The SMILES string of the molecule is Cc1cccc(CN(C(=O)CCCN(c2ccc(Cl)cc2)S(C)(=O)=O)C(Cc2ccccc2)C(=O)NCC(C)C)c1. The van der Waals surface area contributed by atoms with Gasteiger partial charge in [-0.15, -0.1) is 0 Å². The molecule has 3 aromatic carbocycles. The molecule has 1 atom stereocenters. The van der Waals surface area contributed by atoms with E-state index in [1.165, 1.54) is 4.31 Å². The normalized spacial score (nSPS) is 12.1. The van der Waals surface area contributed by atoms with Crippen LogP contribution in [0.15, 0.2) is 78.9 Å². The summed E-state index contributed by atoms with van der Waals surface area (Å²) >= 11 is 5.99. The van der Waals surface area contributed by atoms with Crippen molar-refractivity contribution in [3.8, 4) is 0 Å². The van der Waals surface area contributed by atoms with Crippen LogP contribution in [0, 0.1) is 12.8 Å². The molecule has 0 aliphatic carbocycles. The number of aryl methyl sites for hydroxylation is 1. The minimum absolute atomic E-state index is 0.0776. The van der Waals surface area contributed by atoms with E-state index in [0.29, 0.717) is 23.7 Å². The summed E-state index contributed by atoms with van der Waals surface area (Å²) in [4.78, 5) is 29.1. The number of rotatable bonds is 14. The Hall–Kier alpha value is -3.36. The second-order valence-electron chi connectivity index (χ2n) is 10.8. The Morgan fingerprint density at radius 3 is 2.20 bits per heavy atom. The summed E-state index contributed by atoms with van der Waals surface area (Å²) in [6, 6.07) is 23.4. The molecular weight excluding hydrogens is 558 g/mol. The molecule has 0 bridgehead atoms. The van der Waals surface area contributed by atoms with Crippen molar-refractivity contribution in [1.82, 2.24) is 10.2 Å². The van der Waals surface area contributed by atoms with E-state index in [0.717, 1.165) is 22.9 Å². The number of anilines is 1. The van der Waals surface area contributed by atoms with E-state index in [1.54, 1.807) is 29.2 Å². The van der Waals surface area contributed by atoms with Crippen molar-refractivity contribution in [3.63, 3.8) is 0 Å². The largest absolute Gasteiger partial charge is 0.354 e. The monoisotopic (exact) mass is 597 g/mol. The van der Waals surface area contributed by atoms with Gasteiger partial charge in [-0.3, -0.25) is 13.9 Å². The van der Waals surface area contributed by atoms with Crippen molar-refractivity contribution in [3.05, 3.63) is 101 Å². The molecule has 0 aliphatic rings. The Morgan fingerprint density at radius 2 is 1.59 bits per heavy atom. The van der Waals surface area contributed by atoms with Crippen LogP contribution in [0.2, 0.25) is 5.02 Å². The third kappa shape index (κ3) is 10.2. The van der Waals surface area contributed by atoms with Crippen molar-refractivity contribution >= 4 is 39.1 Å². The van der Waals surface area contributed by atoms with Gasteiger partial charge in [0.15, 0.2) is 0 Å². The Morgan fingerprint density at radius 1 is 0.927 bits per heavy atom. The first kappa shape index (κ1) is 32.2. The molecule has 2 amide bonds. The van der Waals surface area contributed by atoms with Crippen molar-refractivity contribution in [2.75, 3.05) is 23.7 Å². The Balaban J connectivity index is 1.87. The zero-order valence-electron chi connectivity index (χ0n) is 24.2. The maximum absolute atomic E-state index is 13.9. The highest BCUT2D eigenvalue weighted by atomic mass is 35.5. The van der Waals surface area contributed by atoms with Crippen LogP contribution in [0.4, 0.5) is 5.69 Å². The molecule has 0 fully saturated rings. The Kier molecular flexibility index (Phi) is 11.8. The highest BCUT2D eigenvalue weighted by molar-refractivity contribution is 7.92. The van der Waals surface area contributed by atoms with Crippen LogP contribution in [0.5, 0.6) is 0 Å². The van der Waals surface area contributed by atoms with Crippen LogP contribution in [0.3, 0.4) is 0 Å². The lowest BCUT2D eigenvalue weighted by Gasteiger charge is -2.32. The summed E-state index contributed by atoms with van der Waals surface area (Å²) in [5.41, 5.74) is 3.42. The summed E-state index contributed by atoms with van der Waals surface area (Å²) in [6.45, 7) is 6.92. The number of carbonyl (C=O) groups is 2. The van der Waals surface area contributed by atoms with Crippen LogP contribution in [-0.2, 0) is 32.6 Å². The van der Waals surface area contributed by atoms with E-state index in [2.05, 4.69) is 5.32 Å². The van der Waals surface area contributed by atoms with Gasteiger partial charge in [0, 0.05) is 37.5 Å². The van der Waals surface area contributed by atoms with E-state index < -0.39 is 16.1 Å². The van der Waals surface area contributed by atoms with Gasteiger partial charge in [0.05, 0.1) is 11.9 Å². The Labute approximate surface area is 249 Å². The third-order valence-corrected chi connectivity index (χ3v) is 8.10. The van der Waals surface area contributed by atoms with Crippen molar-refractivity contribution in [1.29, 1.82) is 0 Å². The maximum atomic E-state index is 13.9. The topological polar surface area (TPSA) is 86.8 Å². The minimum Gasteiger partial charge on any atom is -0.354 e. The van der Waals surface area contributed by atoms with E-state index in [9.17, 15) is 18.0 Å². The number of carbonyl (C=O) groups excluding carboxylic acids is 2. The number of benzene rings is 3. The van der Waals surface area contributed by atoms with Crippen LogP contribution < -0.4 is 9.62 Å². The van der Waals surface area contributed by atoms with Gasteiger partial charge in [-0.25, -0.2) is 8.42 Å². The molecule has 0 saturated carbocycles. The molecule has 41 heavy (non-hydrogen) atoms. The predicted molar refractivity (Wildman–Crippen MR) is 166 cm³/mol. The lowest BCUT2D eigenvalue weighted by molar-refractivity contribution is -0.141. The van der Waals surface area contributed by atoms with Gasteiger partial charge in [-0.1, -0.05) is 85.6 Å². The van der Waals surface area contributed by atoms with Crippen LogP contribution in [0.1, 0.15) is 43.4 Å². The number of amides is 2. The summed E-state index contributed by atoms with van der Waals surface area (Å²) in [6.07, 6.45) is 1.86. The van der Waals surface area contributed by atoms with Gasteiger partial charge in [-0.2, -0.15) is 0 Å². The molecule has 0 saturated heterocycles. The quantitative estimate of drug-likeness (QED) is 0.262. The molecule has 3 rings (SSSR count). The highest BCUT2D eigenvalue weighted by Gasteiger charge is 2.30. The fraction of sp³-hybridized carbons (Fsp3) is 0.375. The minimum atomic E-state index is -3.59. The number of hydrogen-bond donors (Lipinski definition) is 1. The zero-order chi connectivity index (χ0) is 30.0. The number of hydrogen-bond acceptors (Lipinski definition) is 4. The van der Waals surface area contributed by atoms with Gasteiger partial charge in [0.25, 0.3) is 0 Å². The van der Waals surface area contributed by atoms with Crippen molar-refractivity contribution in [2.24, 2.45) is 5.92 Å². The fourth-order valence-electron chi connectivity index (χ4n) is 4.59. The lowest BCUT2D eigenvalue weighted by atomic mass is 10.0. The smallest absolute Gasteiger partial charge is 0.243 e. The van der Waals surface area contributed by atoms with Gasteiger partial charge < -0.3 is 10.2 Å². The van der Waals surface area contributed by atoms with Gasteiger partial charge >= 0.3 is 0 Å². The summed E-state index contributed by atoms with van der Waals surface area (Å²) in [5.74, 6) is -0.161. The van der Waals surface area contributed by atoms with Crippen LogP contribution >= 0.6 is 11.6 Å².